The molecule has 31 heavy (non-hydrogen) atoms. The lowest BCUT2D eigenvalue weighted by atomic mass is 9.98. The van der Waals surface area contributed by atoms with Crippen LogP contribution in [0.4, 0.5) is 10.5 Å². The van der Waals surface area contributed by atoms with Crippen LogP contribution in [0.3, 0.4) is 0 Å². The molecule has 0 fully saturated rings. The van der Waals surface area contributed by atoms with E-state index in [1.807, 2.05) is 24.3 Å². The van der Waals surface area contributed by atoms with Crippen molar-refractivity contribution in [3.05, 3.63) is 83.9 Å². The minimum atomic E-state index is -1.01. The van der Waals surface area contributed by atoms with Crippen LogP contribution in [0, 0.1) is 0 Å². The van der Waals surface area contributed by atoms with Gasteiger partial charge in [0.25, 0.3) is 0 Å². The number of carbonyl (C=O) groups excluding carboxylic acids is 1. The molecule has 1 aliphatic rings. The molecule has 1 unspecified atom stereocenters. The van der Waals surface area contributed by atoms with Gasteiger partial charge in [-0.2, -0.15) is 0 Å². The highest BCUT2D eigenvalue weighted by atomic mass is 16.5. The van der Waals surface area contributed by atoms with Gasteiger partial charge in [-0.15, -0.1) is 0 Å². The van der Waals surface area contributed by atoms with E-state index >= 15 is 0 Å². The molecule has 3 aromatic rings. The van der Waals surface area contributed by atoms with Gasteiger partial charge in [0.05, 0.1) is 0 Å². The molecular formula is C25H23NO5. The van der Waals surface area contributed by atoms with Crippen LogP contribution in [0.5, 0.6) is 5.75 Å². The highest BCUT2D eigenvalue weighted by molar-refractivity contribution is 5.85. The fourth-order valence-corrected chi connectivity index (χ4v) is 3.84. The third-order valence-electron chi connectivity index (χ3n) is 5.37. The van der Waals surface area contributed by atoms with Crippen LogP contribution in [0.2, 0.25) is 0 Å². The Morgan fingerprint density at radius 1 is 0.935 bits per heavy atom. The van der Waals surface area contributed by atoms with Crippen molar-refractivity contribution in [2.45, 2.75) is 25.4 Å². The zero-order chi connectivity index (χ0) is 21.8. The van der Waals surface area contributed by atoms with E-state index in [-0.39, 0.29) is 12.5 Å². The first-order chi connectivity index (χ1) is 15.1. The largest absolute Gasteiger partial charge is 0.479 e. The van der Waals surface area contributed by atoms with Crippen LogP contribution in [0.25, 0.3) is 11.1 Å². The Hall–Kier alpha value is -3.80. The quantitative estimate of drug-likeness (QED) is 0.546. The van der Waals surface area contributed by atoms with E-state index in [9.17, 15) is 9.59 Å². The predicted molar refractivity (Wildman–Crippen MR) is 117 cm³/mol. The van der Waals surface area contributed by atoms with Gasteiger partial charge in [0.2, 0.25) is 0 Å². The molecule has 6 nitrogen and oxygen atoms in total. The van der Waals surface area contributed by atoms with Gasteiger partial charge < -0.3 is 14.6 Å². The smallest absolute Gasteiger partial charge is 0.411 e. The van der Waals surface area contributed by atoms with Gasteiger partial charge in [0.15, 0.2) is 6.10 Å². The molecule has 1 amide bonds. The predicted octanol–water partition coefficient (Wildman–Crippen LogP) is 5.29. The second kappa shape index (κ2) is 8.92. The Morgan fingerprint density at radius 3 is 2.06 bits per heavy atom. The maximum atomic E-state index is 12.3. The van der Waals surface area contributed by atoms with Crippen LogP contribution in [-0.2, 0) is 9.53 Å². The van der Waals surface area contributed by atoms with E-state index in [0.29, 0.717) is 17.9 Å². The van der Waals surface area contributed by atoms with E-state index in [4.69, 9.17) is 14.6 Å². The molecule has 0 spiro atoms. The molecule has 1 aliphatic carbocycles. The number of fused-ring (bicyclic) bond motifs is 3. The average Bonchev–Trinajstić information content (AvgIpc) is 3.11. The summed E-state index contributed by atoms with van der Waals surface area (Å²) in [5.74, 6) is -0.591. The van der Waals surface area contributed by atoms with E-state index in [1.165, 1.54) is 11.1 Å². The van der Waals surface area contributed by atoms with Gasteiger partial charge in [-0.05, 0) is 52.9 Å². The molecule has 0 saturated heterocycles. The Morgan fingerprint density at radius 2 is 1.52 bits per heavy atom. The monoisotopic (exact) mass is 417 g/mol. The molecule has 0 saturated carbocycles. The number of ether oxygens (including phenoxy) is 2. The van der Waals surface area contributed by atoms with Crippen molar-refractivity contribution < 1.29 is 24.2 Å². The molecular weight excluding hydrogens is 394 g/mol. The van der Waals surface area contributed by atoms with E-state index in [0.717, 1.165) is 11.1 Å². The maximum Gasteiger partial charge on any atom is 0.411 e. The Kier molecular flexibility index (Phi) is 5.89. The van der Waals surface area contributed by atoms with E-state index < -0.39 is 18.2 Å². The highest BCUT2D eigenvalue weighted by Crippen LogP contribution is 2.44. The van der Waals surface area contributed by atoms with Gasteiger partial charge >= 0.3 is 12.1 Å². The highest BCUT2D eigenvalue weighted by Gasteiger charge is 2.29. The molecule has 4 rings (SSSR count). The molecule has 3 aromatic carbocycles. The number of rotatable bonds is 7. The third-order valence-corrected chi connectivity index (χ3v) is 5.37. The number of nitrogens with one attached hydrogen (secondary N) is 1. The molecule has 0 heterocycles. The van der Waals surface area contributed by atoms with Gasteiger partial charge in [-0.1, -0.05) is 55.5 Å². The number of carbonyl (C=O) groups is 2. The molecule has 0 bridgehead atoms. The Balaban J connectivity index is 1.37. The maximum absolute atomic E-state index is 12.3. The van der Waals surface area contributed by atoms with Crippen molar-refractivity contribution in [3.63, 3.8) is 0 Å². The molecule has 0 aromatic heterocycles. The molecule has 1 atom stereocenters. The first kappa shape index (κ1) is 20.5. The molecule has 0 aliphatic heterocycles. The summed E-state index contributed by atoms with van der Waals surface area (Å²) in [5, 5.41) is 11.8. The Labute approximate surface area is 180 Å². The van der Waals surface area contributed by atoms with Crippen LogP contribution >= 0.6 is 0 Å². The topological polar surface area (TPSA) is 84.9 Å². The SMILES string of the molecule is CCC(Oc1ccc(NC(=O)OCC2c3ccccc3-c3ccccc32)cc1)C(=O)O. The zero-order valence-electron chi connectivity index (χ0n) is 17.1. The second-order valence-corrected chi connectivity index (χ2v) is 7.33. The number of hydrogen-bond acceptors (Lipinski definition) is 4. The van der Waals surface area contributed by atoms with Crippen molar-refractivity contribution in [1.82, 2.24) is 0 Å². The van der Waals surface area contributed by atoms with E-state index in [2.05, 4.69) is 29.6 Å². The third kappa shape index (κ3) is 4.38. The van der Waals surface area contributed by atoms with Crippen LogP contribution < -0.4 is 10.1 Å². The summed E-state index contributed by atoms with van der Waals surface area (Å²) in [6, 6.07) is 22.9. The fraction of sp³-hybridized carbons (Fsp3) is 0.200. The summed E-state index contributed by atoms with van der Waals surface area (Å²) >= 11 is 0. The number of benzene rings is 3. The van der Waals surface area contributed by atoms with Crippen molar-refractivity contribution in [3.8, 4) is 16.9 Å². The van der Waals surface area contributed by atoms with Gasteiger partial charge in [-0.3, -0.25) is 5.32 Å². The first-order valence-corrected chi connectivity index (χ1v) is 10.2. The minimum Gasteiger partial charge on any atom is -0.479 e. The van der Waals surface area contributed by atoms with Gasteiger partial charge in [-0.25, -0.2) is 9.59 Å². The number of aliphatic carboxylic acids is 1. The molecule has 0 radical (unpaired) electrons. The normalized spacial score (nSPS) is 13.1. The lowest BCUT2D eigenvalue weighted by molar-refractivity contribution is -0.145. The molecule has 6 heteroatoms. The summed E-state index contributed by atoms with van der Waals surface area (Å²) in [5.41, 5.74) is 5.20. The van der Waals surface area contributed by atoms with E-state index in [1.54, 1.807) is 31.2 Å². The van der Waals surface area contributed by atoms with Crippen LogP contribution in [-0.4, -0.2) is 29.9 Å². The van der Waals surface area contributed by atoms with Gasteiger partial charge in [0.1, 0.15) is 12.4 Å². The fourth-order valence-electron chi connectivity index (χ4n) is 3.84. The second-order valence-electron chi connectivity index (χ2n) is 7.33. The lowest BCUT2D eigenvalue weighted by Crippen LogP contribution is -2.25. The lowest BCUT2D eigenvalue weighted by Gasteiger charge is -2.15. The minimum absolute atomic E-state index is 0.00378. The van der Waals surface area contributed by atoms with Gasteiger partial charge in [0, 0.05) is 11.6 Å². The van der Waals surface area contributed by atoms with Crippen molar-refractivity contribution in [2.75, 3.05) is 11.9 Å². The van der Waals surface area contributed by atoms with Crippen molar-refractivity contribution in [1.29, 1.82) is 0 Å². The number of hydrogen-bond donors (Lipinski definition) is 2. The molecule has 2 N–H and O–H groups in total. The van der Waals surface area contributed by atoms with Crippen LogP contribution in [0.15, 0.2) is 72.8 Å². The Bertz CT molecular complexity index is 1050. The number of carboxylic acids is 1. The summed E-state index contributed by atoms with van der Waals surface area (Å²) in [7, 11) is 0. The zero-order valence-corrected chi connectivity index (χ0v) is 17.1. The van der Waals surface area contributed by atoms with Crippen molar-refractivity contribution in [2.24, 2.45) is 0 Å². The summed E-state index contributed by atoms with van der Waals surface area (Å²) in [6.07, 6.45) is -1.09. The number of carboxylic acid groups (broad SMARTS) is 1. The van der Waals surface area contributed by atoms with Crippen molar-refractivity contribution >= 4 is 17.7 Å². The average molecular weight is 417 g/mol. The first-order valence-electron chi connectivity index (χ1n) is 10.2. The summed E-state index contributed by atoms with van der Waals surface area (Å²) in [6.45, 7) is 1.98. The van der Waals surface area contributed by atoms with Crippen LogP contribution in [0.1, 0.15) is 30.4 Å². The standard InChI is InChI=1S/C25H23NO5/c1-2-23(24(27)28)31-17-13-11-16(12-14-17)26-25(29)30-15-22-20-9-5-3-7-18(20)19-8-4-6-10-21(19)22/h3-14,22-23H,2,15H2,1H3,(H,26,29)(H,27,28). The number of amides is 1. The summed E-state index contributed by atoms with van der Waals surface area (Å²) in [4.78, 5) is 23.4. The summed E-state index contributed by atoms with van der Waals surface area (Å²) < 4.78 is 11.0. The number of anilines is 1. The molecule has 158 valence electrons.